The number of hydrogen-bond acceptors (Lipinski definition) is 6. The molecule has 0 aliphatic carbocycles. The summed E-state index contributed by atoms with van der Waals surface area (Å²) in [6, 6.07) is 12.4. The number of non-ortho nitro benzene ring substituents is 1. The summed E-state index contributed by atoms with van der Waals surface area (Å²) in [5.74, 6) is -1.18. The Morgan fingerprint density at radius 2 is 1.82 bits per heavy atom. The van der Waals surface area contributed by atoms with Gasteiger partial charge in [0.05, 0.1) is 11.0 Å². The first-order valence-corrected chi connectivity index (χ1v) is 10.7. The Hall–Kier alpha value is -3.79. The first kappa shape index (κ1) is 23.9. The minimum absolute atomic E-state index is 0.0840. The Morgan fingerprint density at radius 1 is 1.15 bits per heavy atom. The quantitative estimate of drug-likeness (QED) is 0.408. The highest BCUT2D eigenvalue weighted by Crippen LogP contribution is 2.22. The van der Waals surface area contributed by atoms with Crippen molar-refractivity contribution in [3.8, 4) is 0 Å². The number of nitrogens with two attached hydrogens (primary N) is 1. The zero-order chi connectivity index (χ0) is 24.0. The maximum Gasteiger partial charge on any atom is 0.269 e. The van der Waals surface area contributed by atoms with Crippen LogP contribution >= 0.6 is 0 Å². The highest BCUT2D eigenvalue weighted by Gasteiger charge is 2.38. The van der Waals surface area contributed by atoms with Crippen LogP contribution in [0.2, 0.25) is 0 Å². The zero-order valence-electron chi connectivity index (χ0n) is 18.3. The topological polar surface area (TPSA) is 148 Å². The van der Waals surface area contributed by atoms with E-state index in [1.807, 2.05) is 30.3 Å². The fourth-order valence-corrected chi connectivity index (χ4v) is 3.75. The van der Waals surface area contributed by atoms with E-state index in [9.17, 15) is 24.5 Å². The molecule has 0 spiro atoms. The molecule has 10 heteroatoms. The summed E-state index contributed by atoms with van der Waals surface area (Å²) >= 11 is 0. The fourth-order valence-electron chi connectivity index (χ4n) is 3.75. The lowest BCUT2D eigenvalue weighted by Crippen LogP contribution is -2.55. The van der Waals surface area contributed by atoms with Crippen molar-refractivity contribution in [3.63, 3.8) is 0 Å². The van der Waals surface area contributed by atoms with Crippen LogP contribution in [0.1, 0.15) is 25.3 Å². The van der Waals surface area contributed by atoms with E-state index in [2.05, 4.69) is 10.6 Å². The van der Waals surface area contributed by atoms with Gasteiger partial charge in [0.1, 0.15) is 12.1 Å². The van der Waals surface area contributed by atoms with Gasteiger partial charge in [-0.05, 0) is 37.5 Å². The Kier molecular flexibility index (Phi) is 7.73. The third-order valence-corrected chi connectivity index (χ3v) is 5.49. The van der Waals surface area contributed by atoms with Gasteiger partial charge in [0.15, 0.2) is 0 Å². The third-order valence-electron chi connectivity index (χ3n) is 5.49. The summed E-state index contributed by atoms with van der Waals surface area (Å²) in [4.78, 5) is 50.4. The summed E-state index contributed by atoms with van der Waals surface area (Å²) in [6.07, 6.45) is 1.39. The maximum absolute atomic E-state index is 13.4. The van der Waals surface area contributed by atoms with Gasteiger partial charge in [-0.15, -0.1) is 0 Å². The van der Waals surface area contributed by atoms with Crippen LogP contribution in [0, 0.1) is 10.1 Å². The molecule has 1 heterocycles. The molecule has 3 amide bonds. The lowest BCUT2D eigenvalue weighted by molar-refractivity contribution is -0.384. The van der Waals surface area contributed by atoms with Gasteiger partial charge < -0.3 is 21.3 Å². The molecule has 0 saturated carbocycles. The molecule has 0 radical (unpaired) electrons. The van der Waals surface area contributed by atoms with Gasteiger partial charge in [-0.2, -0.15) is 0 Å². The second-order valence-corrected chi connectivity index (χ2v) is 8.02. The number of carbonyl (C=O) groups is 3. The minimum atomic E-state index is -0.862. The average Bonchev–Trinajstić information content (AvgIpc) is 3.29. The summed E-state index contributed by atoms with van der Waals surface area (Å²) in [6.45, 7) is 1.92. The molecule has 10 nitrogen and oxygen atoms in total. The number of nitro benzene ring substituents is 1. The number of hydrogen-bond donors (Lipinski definition) is 3. The second-order valence-electron chi connectivity index (χ2n) is 8.02. The molecule has 1 fully saturated rings. The number of rotatable bonds is 8. The van der Waals surface area contributed by atoms with Crippen molar-refractivity contribution in [1.82, 2.24) is 10.2 Å². The van der Waals surface area contributed by atoms with Crippen molar-refractivity contribution in [2.45, 2.75) is 44.3 Å². The van der Waals surface area contributed by atoms with Crippen molar-refractivity contribution in [2.75, 3.05) is 11.9 Å². The third kappa shape index (κ3) is 6.13. The second kappa shape index (κ2) is 10.7. The molecule has 4 N–H and O–H groups in total. The van der Waals surface area contributed by atoms with Crippen LogP contribution in [-0.4, -0.2) is 52.2 Å². The average molecular weight is 453 g/mol. The van der Waals surface area contributed by atoms with Crippen LogP contribution in [0.25, 0.3) is 0 Å². The molecular formula is C23H27N5O5. The molecule has 3 rings (SSSR count). The molecule has 1 aliphatic rings. The molecule has 3 atom stereocenters. The fraction of sp³-hybridized carbons (Fsp3) is 0.348. The molecule has 2 aromatic carbocycles. The van der Waals surface area contributed by atoms with Gasteiger partial charge in [0.2, 0.25) is 17.7 Å². The Bertz CT molecular complexity index is 1010. The number of amides is 3. The number of nitrogens with zero attached hydrogens (tertiary/aromatic N) is 2. The van der Waals surface area contributed by atoms with Crippen molar-refractivity contribution in [2.24, 2.45) is 5.73 Å². The smallest absolute Gasteiger partial charge is 0.269 e. The molecule has 0 bridgehead atoms. The summed E-state index contributed by atoms with van der Waals surface area (Å²) < 4.78 is 0. The predicted molar refractivity (Wildman–Crippen MR) is 122 cm³/mol. The standard InChI is InChI=1S/C23H27N5O5/c1-15(24)21(29)26-19(14-16-6-3-2-4-7-16)23(31)27-13-5-8-20(27)22(30)25-17-9-11-18(12-10-17)28(32)33/h2-4,6-7,9-12,15,19-20H,5,8,13-14,24H2,1H3,(H,25,30)(H,26,29). The van der Waals surface area contributed by atoms with Crippen LogP contribution in [0.4, 0.5) is 11.4 Å². The molecule has 3 unspecified atom stereocenters. The van der Waals surface area contributed by atoms with Crippen LogP contribution < -0.4 is 16.4 Å². The minimum Gasteiger partial charge on any atom is -0.343 e. The van der Waals surface area contributed by atoms with E-state index in [1.165, 1.54) is 36.1 Å². The zero-order valence-corrected chi connectivity index (χ0v) is 18.3. The lowest BCUT2D eigenvalue weighted by Gasteiger charge is -2.29. The van der Waals surface area contributed by atoms with E-state index in [1.54, 1.807) is 0 Å². The van der Waals surface area contributed by atoms with Crippen molar-refractivity contribution >= 4 is 29.1 Å². The van der Waals surface area contributed by atoms with E-state index in [-0.39, 0.29) is 23.9 Å². The summed E-state index contributed by atoms with van der Waals surface area (Å²) in [5, 5.41) is 16.2. The molecule has 33 heavy (non-hydrogen) atoms. The van der Waals surface area contributed by atoms with E-state index >= 15 is 0 Å². The number of anilines is 1. The largest absolute Gasteiger partial charge is 0.343 e. The van der Waals surface area contributed by atoms with Crippen molar-refractivity contribution < 1.29 is 19.3 Å². The number of carbonyl (C=O) groups excluding carboxylic acids is 3. The molecule has 1 aliphatic heterocycles. The van der Waals surface area contributed by atoms with E-state index < -0.39 is 29.0 Å². The molecule has 174 valence electrons. The van der Waals surface area contributed by atoms with Crippen LogP contribution in [0.15, 0.2) is 54.6 Å². The van der Waals surface area contributed by atoms with E-state index in [0.29, 0.717) is 25.1 Å². The van der Waals surface area contributed by atoms with Gasteiger partial charge in [-0.25, -0.2) is 0 Å². The van der Waals surface area contributed by atoms with Gasteiger partial charge in [-0.1, -0.05) is 30.3 Å². The van der Waals surface area contributed by atoms with Gasteiger partial charge >= 0.3 is 0 Å². The normalized spacial score (nSPS) is 17.2. The summed E-state index contributed by atoms with van der Waals surface area (Å²) in [7, 11) is 0. The van der Waals surface area contributed by atoms with Gasteiger partial charge in [0.25, 0.3) is 5.69 Å². The van der Waals surface area contributed by atoms with Crippen LogP contribution in [0.5, 0.6) is 0 Å². The van der Waals surface area contributed by atoms with Gasteiger partial charge in [0, 0.05) is 30.8 Å². The maximum atomic E-state index is 13.4. The number of nitrogens with one attached hydrogen (secondary N) is 2. The summed E-state index contributed by atoms with van der Waals surface area (Å²) in [5.41, 5.74) is 6.86. The number of nitro groups is 1. The SMILES string of the molecule is CC(N)C(=O)NC(Cc1ccccc1)C(=O)N1CCCC1C(=O)Nc1ccc([N+](=O)[O-])cc1. The van der Waals surface area contributed by atoms with Crippen LogP contribution in [-0.2, 0) is 20.8 Å². The highest BCUT2D eigenvalue weighted by atomic mass is 16.6. The lowest BCUT2D eigenvalue weighted by atomic mass is 10.0. The Balaban J connectivity index is 1.74. The molecule has 0 aromatic heterocycles. The first-order chi connectivity index (χ1) is 15.8. The molecule has 1 saturated heterocycles. The first-order valence-electron chi connectivity index (χ1n) is 10.7. The monoisotopic (exact) mass is 453 g/mol. The number of likely N-dealkylation sites (tertiary alicyclic amines) is 1. The van der Waals surface area contributed by atoms with Crippen molar-refractivity contribution in [1.29, 1.82) is 0 Å². The van der Waals surface area contributed by atoms with Gasteiger partial charge in [-0.3, -0.25) is 24.5 Å². The van der Waals surface area contributed by atoms with E-state index in [0.717, 1.165) is 5.56 Å². The van der Waals surface area contributed by atoms with Crippen molar-refractivity contribution in [3.05, 3.63) is 70.3 Å². The van der Waals surface area contributed by atoms with Crippen LogP contribution in [0.3, 0.4) is 0 Å². The highest BCUT2D eigenvalue weighted by molar-refractivity contribution is 5.99. The Labute approximate surface area is 191 Å². The Morgan fingerprint density at radius 3 is 2.42 bits per heavy atom. The van der Waals surface area contributed by atoms with E-state index in [4.69, 9.17) is 5.73 Å². The molecule has 2 aromatic rings. The molecular weight excluding hydrogens is 426 g/mol. The number of benzene rings is 2. The predicted octanol–water partition coefficient (Wildman–Crippen LogP) is 1.60.